The molecule has 0 aliphatic rings. The number of nitrogens with zero attached hydrogens (tertiary/aromatic N) is 1. The predicted octanol–water partition coefficient (Wildman–Crippen LogP) is 6.26. The molecule has 1 aromatic heterocycles. The molecule has 2 rings (SSSR count). The highest BCUT2D eigenvalue weighted by Gasteiger charge is 2.37. The number of aliphatic hydroxyl groups excluding tert-OH is 1. The molecule has 142 valence electrons. The summed E-state index contributed by atoms with van der Waals surface area (Å²) < 4.78 is 8.53. The lowest BCUT2D eigenvalue weighted by molar-refractivity contribution is 0.104. The van der Waals surface area contributed by atoms with Crippen molar-refractivity contribution in [3.63, 3.8) is 0 Å². The van der Waals surface area contributed by atoms with Crippen LogP contribution in [0.15, 0.2) is 43.0 Å². The van der Waals surface area contributed by atoms with E-state index in [0.29, 0.717) is 13.0 Å². The molecule has 0 fully saturated rings. The van der Waals surface area contributed by atoms with Crippen LogP contribution in [0.5, 0.6) is 0 Å². The van der Waals surface area contributed by atoms with E-state index in [2.05, 4.69) is 58.7 Å². The molecule has 0 saturated heterocycles. The van der Waals surface area contributed by atoms with Gasteiger partial charge in [0.05, 0.1) is 17.8 Å². The van der Waals surface area contributed by atoms with Crippen LogP contribution in [0.3, 0.4) is 0 Å². The lowest BCUT2D eigenvalue weighted by atomic mass is 10.1. The van der Waals surface area contributed by atoms with Gasteiger partial charge in [-0.15, -0.1) is 6.58 Å². The highest BCUT2D eigenvalue weighted by Crippen LogP contribution is 2.38. The number of aromatic nitrogens is 1. The van der Waals surface area contributed by atoms with E-state index in [1.165, 1.54) is 0 Å². The molecule has 0 aliphatic heterocycles. The normalized spacial score (nSPS) is 14.3. The Morgan fingerprint density at radius 1 is 1.27 bits per heavy atom. The van der Waals surface area contributed by atoms with E-state index in [1.807, 2.05) is 29.7 Å². The number of para-hydroxylation sites is 1. The Balaban J connectivity index is 2.60. The van der Waals surface area contributed by atoms with Gasteiger partial charge in [-0.3, -0.25) is 0 Å². The smallest absolute Gasteiger partial charge is 0.192 e. The van der Waals surface area contributed by atoms with Crippen LogP contribution >= 0.6 is 0 Å². The summed E-state index contributed by atoms with van der Waals surface area (Å²) in [6, 6.07) is 8.22. The lowest BCUT2D eigenvalue weighted by Crippen LogP contribution is -2.40. The van der Waals surface area contributed by atoms with Crippen LogP contribution in [-0.4, -0.2) is 18.0 Å². The van der Waals surface area contributed by atoms with Crippen LogP contribution in [0, 0.1) is 0 Å². The molecule has 1 heterocycles. The highest BCUT2D eigenvalue weighted by atomic mass is 28.4. The minimum Gasteiger partial charge on any atom is -0.411 e. The van der Waals surface area contributed by atoms with E-state index in [9.17, 15) is 5.11 Å². The molecule has 3 nitrogen and oxygen atoms in total. The first kappa shape index (κ1) is 20.7. The molecule has 1 N–H and O–H groups in total. The van der Waals surface area contributed by atoms with E-state index < -0.39 is 14.5 Å². The maximum Gasteiger partial charge on any atom is 0.192 e. The average Bonchev–Trinajstić information content (AvgIpc) is 2.86. The summed E-state index contributed by atoms with van der Waals surface area (Å²) in [5.74, 6) is 0. The lowest BCUT2D eigenvalue weighted by Gasteiger charge is -2.36. The van der Waals surface area contributed by atoms with Crippen LogP contribution in [-0.2, 0) is 11.0 Å². The van der Waals surface area contributed by atoms with Crippen molar-refractivity contribution in [2.24, 2.45) is 0 Å². The van der Waals surface area contributed by atoms with Crippen molar-refractivity contribution in [2.75, 3.05) is 0 Å². The summed E-state index contributed by atoms with van der Waals surface area (Å²) in [4.78, 5) is 0. The zero-order chi connectivity index (χ0) is 19.5. The van der Waals surface area contributed by atoms with E-state index in [4.69, 9.17) is 4.43 Å². The molecule has 1 atom stereocenters. The fourth-order valence-corrected chi connectivity index (χ4v) is 3.83. The molecule has 0 amide bonds. The molecule has 4 heteroatoms. The van der Waals surface area contributed by atoms with Crippen molar-refractivity contribution in [1.82, 2.24) is 4.57 Å². The van der Waals surface area contributed by atoms with Gasteiger partial charge in [0.1, 0.15) is 6.23 Å². The summed E-state index contributed by atoms with van der Waals surface area (Å²) >= 11 is 0. The van der Waals surface area contributed by atoms with Gasteiger partial charge in [0, 0.05) is 17.4 Å². The second-order valence-electron chi connectivity index (χ2n) is 8.30. The van der Waals surface area contributed by atoms with E-state index in [1.54, 1.807) is 6.08 Å². The van der Waals surface area contributed by atoms with Gasteiger partial charge in [-0.1, -0.05) is 57.2 Å². The second-order valence-corrected chi connectivity index (χ2v) is 13.1. The first-order chi connectivity index (χ1) is 12.1. The fourth-order valence-electron chi connectivity index (χ4n) is 2.90. The number of fused-ring (bicyclic) bond motifs is 1. The van der Waals surface area contributed by atoms with Crippen LogP contribution in [0.4, 0.5) is 0 Å². The van der Waals surface area contributed by atoms with Crippen LogP contribution in [0.1, 0.15) is 51.6 Å². The van der Waals surface area contributed by atoms with Gasteiger partial charge in [0.15, 0.2) is 8.32 Å². The SMILES string of the molecule is C=CCC(O)n1c(CO[Si](C)(C)C(C)(C)C)c(C=CC)c2ccccc21. The van der Waals surface area contributed by atoms with Crippen molar-refractivity contribution in [2.45, 2.75) is 65.1 Å². The number of benzene rings is 1. The quantitative estimate of drug-likeness (QED) is 0.460. The monoisotopic (exact) mass is 371 g/mol. The first-order valence-corrected chi connectivity index (χ1v) is 12.2. The van der Waals surface area contributed by atoms with E-state index in [0.717, 1.165) is 22.2 Å². The predicted molar refractivity (Wildman–Crippen MR) is 115 cm³/mol. The summed E-state index contributed by atoms with van der Waals surface area (Å²) in [6.07, 6.45) is 5.77. The molecule has 2 aromatic rings. The molecule has 1 unspecified atom stereocenters. The summed E-state index contributed by atoms with van der Waals surface area (Å²) in [5.41, 5.74) is 3.19. The maximum atomic E-state index is 10.8. The van der Waals surface area contributed by atoms with Crippen LogP contribution in [0.2, 0.25) is 18.1 Å². The number of aliphatic hydroxyl groups is 1. The number of hydrogen-bond donors (Lipinski definition) is 1. The number of rotatable bonds is 7. The van der Waals surface area contributed by atoms with E-state index in [-0.39, 0.29) is 5.04 Å². The van der Waals surface area contributed by atoms with Gasteiger partial charge in [0.25, 0.3) is 0 Å². The van der Waals surface area contributed by atoms with Gasteiger partial charge in [0.2, 0.25) is 0 Å². The highest BCUT2D eigenvalue weighted by molar-refractivity contribution is 6.74. The van der Waals surface area contributed by atoms with E-state index >= 15 is 0 Å². The van der Waals surface area contributed by atoms with Crippen LogP contribution < -0.4 is 0 Å². The minimum absolute atomic E-state index is 0.143. The molecule has 0 saturated carbocycles. The van der Waals surface area contributed by atoms with Gasteiger partial charge >= 0.3 is 0 Å². The molecule has 26 heavy (non-hydrogen) atoms. The summed E-state index contributed by atoms with van der Waals surface area (Å²) in [6.45, 7) is 17.6. The Kier molecular flexibility index (Phi) is 6.32. The molecule has 0 radical (unpaired) electrons. The first-order valence-electron chi connectivity index (χ1n) is 9.31. The van der Waals surface area contributed by atoms with Crippen molar-refractivity contribution < 1.29 is 9.53 Å². The number of hydrogen-bond acceptors (Lipinski definition) is 2. The standard InChI is InChI=1S/C22H33NO2Si/c1-8-12-17-18-14-10-11-15-19(18)23(21(24)13-9-2)20(17)16-25-26(6,7)22(3,4)5/h8-12,14-15,21,24H,2,13,16H2,1,3-7H3. The Hall–Kier alpha value is -1.62. The molecule has 0 bridgehead atoms. The largest absolute Gasteiger partial charge is 0.411 e. The Labute approximate surface area is 159 Å². The van der Waals surface area contributed by atoms with Crippen LogP contribution in [0.25, 0.3) is 17.0 Å². The molecule has 0 aliphatic carbocycles. The zero-order valence-electron chi connectivity index (χ0n) is 17.0. The second kappa shape index (κ2) is 7.95. The Morgan fingerprint density at radius 2 is 1.92 bits per heavy atom. The molecular formula is C22H33NO2Si. The van der Waals surface area contributed by atoms with Gasteiger partial charge in [-0.25, -0.2) is 0 Å². The summed E-state index contributed by atoms with van der Waals surface area (Å²) in [5, 5.41) is 12.1. The minimum atomic E-state index is -1.90. The number of allylic oxidation sites excluding steroid dienone is 1. The average molecular weight is 372 g/mol. The van der Waals surface area contributed by atoms with Crippen molar-refractivity contribution in [3.8, 4) is 0 Å². The maximum absolute atomic E-state index is 10.8. The third-order valence-electron chi connectivity index (χ3n) is 5.44. The molecule has 1 aromatic carbocycles. The fraction of sp³-hybridized carbons (Fsp3) is 0.455. The topological polar surface area (TPSA) is 34.4 Å². The van der Waals surface area contributed by atoms with Gasteiger partial charge in [-0.2, -0.15) is 0 Å². The third-order valence-corrected chi connectivity index (χ3v) is 9.92. The van der Waals surface area contributed by atoms with Crippen molar-refractivity contribution in [3.05, 3.63) is 54.3 Å². The Bertz CT molecular complexity index is 796. The Morgan fingerprint density at radius 3 is 2.50 bits per heavy atom. The zero-order valence-corrected chi connectivity index (χ0v) is 18.0. The van der Waals surface area contributed by atoms with Gasteiger partial charge < -0.3 is 14.1 Å². The molecular weight excluding hydrogens is 338 g/mol. The third kappa shape index (κ3) is 4.03. The van der Waals surface area contributed by atoms with Crippen molar-refractivity contribution >= 4 is 25.3 Å². The summed E-state index contributed by atoms with van der Waals surface area (Å²) in [7, 11) is -1.90. The van der Waals surface area contributed by atoms with Crippen molar-refractivity contribution in [1.29, 1.82) is 0 Å². The van der Waals surface area contributed by atoms with Gasteiger partial charge in [-0.05, 0) is 31.1 Å². The molecule has 0 spiro atoms.